The van der Waals surface area contributed by atoms with Gasteiger partial charge in [-0.25, -0.2) is 14.8 Å². The maximum Gasteiger partial charge on any atom is 0.354 e. The topological polar surface area (TPSA) is 178 Å². The zero-order chi connectivity index (χ0) is 49.3. The third-order valence-electron chi connectivity index (χ3n) is 15.2. The molecule has 0 radical (unpaired) electrons. The predicted molar refractivity (Wildman–Crippen MR) is 280 cm³/mol. The van der Waals surface area contributed by atoms with Gasteiger partial charge in [-0.3, -0.25) is 19.6 Å². The van der Waals surface area contributed by atoms with Crippen molar-refractivity contribution < 1.29 is 29.3 Å². The van der Waals surface area contributed by atoms with E-state index in [0.29, 0.717) is 85.7 Å². The number of aliphatic hydroxyl groups is 1. The van der Waals surface area contributed by atoms with Gasteiger partial charge >= 0.3 is 5.97 Å². The van der Waals surface area contributed by atoms with Crippen molar-refractivity contribution in [2.75, 3.05) is 61.0 Å². The van der Waals surface area contributed by atoms with Gasteiger partial charge in [0.25, 0.3) is 5.91 Å². The highest BCUT2D eigenvalue weighted by Gasteiger charge is 2.34. The van der Waals surface area contributed by atoms with Crippen LogP contribution in [-0.4, -0.2) is 105 Å². The molecule has 7 aromatic rings. The maximum absolute atomic E-state index is 13.6. The number of anilines is 3. The summed E-state index contributed by atoms with van der Waals surface area (Å²) in [5.41, 5.74) is 8.50. The minimum atomic E-state index is -1.06. The van der Waals surface area contributed by atoms with Crippen molar-refractivity contribution in [1.82, 2.24) is 30.0 Å². The third kappa shape index (κ3) is 10.1. The number of rotatable bonds is 15. The molecule has 72 heavy (non-hydrogen) atoms. The first-order valence-electron chi connectivity index (χ1n) is 25.5. The van der Waals surface area contributed by atoms with Gasteiger partial charge in [-0.15, -0.1) is 0 Å². The number of aliphatic hydroxyl groups excluding tert-OH is 1. The van der Waals surface area contributed by atoms with Gasteiger partial charge in [0.05, 0.1) is 39.6 Å². The van der Waals surface area contributed by atoms with E-state index in [2.05, 4.69) is 60.7 Å². The molecule has 4 aromatic carbocycles. The minimum absolute atomic E-state index is 0.0434. The third-order valence-corrected chi connectivity index (χ3v) is 16.2. The molecular weight excluding hydrogens is 927 g/mol. The second-order valence-corrected chi connectivity index (χ2v) is 21.0. The second kappa shape index (κ2) is 20.7. The van der Waals surface area contributed by atoms with E-state index in [-0.39, 0.29) is 23.4 Å². The summed E-state index contributed by atoms with van der Waals surface area (Å²) < 4.78 is 9.07. The Morgan fingerprint density at radius 1 is 0.861 bits per heavy atom. The zero-order valence-electron chi connectivity index (χ0n) is 40.6. The predicted octanol–water partition coefficient (Wildman–Crippen LogP) is 8.20. The molecule has 0 saturated carbocycles. The molecule has 16 heteroatoms. The van der Waals surface area contributed by atoms with Gasteiger partial charge in [-0.1, -0.05) is 65.9 Å². The Hall–Kier alpha value is -6.88. The second-order valence-electron chi connectivity index (χ2n) is 20.0. The molecular formula is C56H61N9O6S. The Bertz CT molecular complexity index is 3100. The average Bonchev–Trinajstić information content (AvgIpc) is 4.13. The van der Waals surface area contributed by atoms with Crippen LogP contribution < -0.4 is 25.2 Å². The lowest BCUT2D eigenvalue weighted by molar-refractivity contribution is -0.128. The van der Waals surface area contributed by atoms with Crippen molar-refractivity contribution >= 4 is 66.9 Å². The number of carbonyl (C=O) groups is 3. The van der Waals surface area contributed by atoms with Crippen LogP contribution in [0.15, 0.2) is 97.1 Å². The van der Waals surface area contributed by atoms with Crippen molar-refractivity contribution in [1.29, 1.82) is 0 Å². The van der Waals surface area contributed by atoms with E-state index in [4.69, 9.17) is 9.84 Å². The smallest absolute Gasteiger partial charge is 0.354 e. The van der Waals surface area contributed by atoms with Crippen molar-refractivity contribution in [2.45, 2.75) is 76.5 Å². The van der Waals surface area contributed by atoms with Gasteiger partial charge in [0.2, 0.25) is 5.91 Å². The highest BCUT2D eigenvalue weighted by atomic mass is 32.1. The number of amides is 2. The number of hydrogen-bond acceptors (Lipinski definition) is 12. The number of thiazole rings is 1. The van der Waals surface area contributed by atoms with Gasteiger partial charge < -0.3 is 35.0 Å². The van der Waals surface area contributed by atoms with Crippen LogP contribution in [0.3, 0.4) is 0 Å². The lowest BCUT2D eigenvalue weighted by Crippen LogP contribution is -2.42. The Labute approximate surface area is 422 Å². The number of nitrogens with zero attached hydrogens (tertiary/aromatic N) is 7. The molecule has 11 rings (SSSR count). The first kappa shape index (κ1) is 47.4. The highest BCUT2D eigenvalue weighted by molar-refractivity contribution is 7.22. The number of aryl methyl sites for hydroxylation is 2. The maximum atomic E-state index is 13.6. The van der Waals surface area contributed by atoms with Crippen LogP contribution in [-0.2, 0) is 37.6 Å². The number of aromatic nitrogens is 4. The van der Waals surface area contributed by atoms with Gasteiger partial charge in [0.1, 0.15) is 17.8 Å². The molecule has 372 valence electrons. The number of hydrogen-bond donors (Lipinski definition) is 4. The van der Waals surface area contributed by atoms with E-state index in [1.54, 1.807) is 0 Å². The molecule has 0 aliphatic carbocycles. The summed E-state index contributed by atoms with van der Waals surface area (Å²) in [4.78, 5) is 55.3. The SMILES string of the molecule is Cn1nc(C2CCC(O)NC2=O)c2cccc(N3CCC(CN4CCC(Cc5ccc(OCCCc6ccc(N7CCc8cccc(C(=O)Nc9nc%10ccccc%10s9)c8C7)nc6C(=O)O)cc5)CC4)C3)c21. The molecule has 0 bridgehead atoms. The molecule has 4 N–H and O–H groups in total. The number of carbonyl (C=O) groups excluding carboxylic acids is 2. The van der Waals surface area contributed by atoms with E-state index in [9.17, 15) is 24.6 Å². The number of carboxylic acid groups (broad SMARTS) is 1. The van der Waals surface area contributed by atoms with Crippen molar-refractivity contribution in [3.05, 3.63) is 136 Å². The van der Waals surface area contributed by atoms with Crippen molar-refractivity contribution in [2.24, 2.45) is 18.9 Å². The van der Waals surface area contributed by atoms with Crippen LogP contribution in [0.1, 0.15) is 93.2 Å². The number of nitrogens with one attached hydrogen (secondary N) is 2. The molecule has 3 unspecified atom stereocenters. The van der Waals surface area contributed by atoms with E-state index < -0.39 is 12.2 Å². The quantitative estimate of drug-likeness (QED) is 0.0726. The Morgan fingerprint density at radius 3 is 2.50 bits per heavy atom. The van der Waals surface area contributed by atoms with Crippen LogP contribution >= 0.6 is 11.3 Å². The van der Waals surface area contributed by atoms with Crippen LogP contribution in [0.25, 0.3) is 21.1 Å². The van der Waals surface area contributed by atoms with E-state index >= 15 is 0 Å². The minimum Gasteiger partial charge on any atom is -0.494 e. The van der Waals surface area contributed by atoms with Crippen LogP contribution in [0.4, 0.5) is 16.6 Å². The Morgan fingerprint density at radius 2 is 1.68 bits per heavy atom. The zero-order valence-corrected chi connectivity index (χ0v) is 41.5. The number of aromatic carboxylic acids is 1. The van der Waals surface area contributed by atoms with E-state index in [1.807, 2.05) is 83.4 Å². The monoisotopic (exact) mass is 987 g/mol. The fourth-order valence-corrected chi connectivity index (χ4v) is 12.3. The number of fused-ring (bicyclic) bond motifs is 3. The lowest BCUT2D eigenvalue weighted by Gasteiger charge is -2.33. The number of pyridine rings is 1. The fourth-order valence-electron chi connectivity index (χ4n) is 11.5. The first-order valence-corrected chi connectivity index (χ1v) is 26.3. The number of ether oxygens (including phenoxy) is 1. The van der Waals surface area contributed by atoms with E-state index in [0.717, 1.165) is 89.3 Å². The summed E-state index contributed by atoms with van der Waals surface area (Å²) in [6, 6.07) is 32.1. The molecule has 3 fully saturated rings. The molecule has 4 aliphatic heterocycles. The van der Waals surface area contributed by atoms with Crippen LogP contribution in [0, 0.1) is 11.8 Å². The molecule has 15 nitrogen and oxygen atoms in total. The average molecular weight is 988 g/mol. The molecule has 7 heterocycles. The fraction of sp³-hybridized carbons (Fsp3) is 0.393. The molecule has 0 spiro atoms. The summed E-state index contributed by atoms with van der Waals surface area (Å²) in [6.45, 7) is 6.89. The standard InChI is InChI=1S/C56H61N9O6S/c1-62-52-42(51(61-62)43-19-21-49(66)59-54(43)68)10-5-12-46(52)64-28-24-37(33-64)32-63-26-22-36(23-27-63)31-35-14-17-40(18-15-35)71-30-6-8-39-16-20-48(58-50(39)55(69)70)65-29-25-38-7-4-9-41(44(38)34-65)53(67)60-56-57-45-11-2-3-13-47(45)72-56/h2-5,7,9-18,20,36-37,43,49,66H,6,8,19,21-34H2,1H3,(H,59,68)(H,69,70)(H,57,60,67). The summed E-state index contributed by atoms with van der Waals surface area (Å²) >= 11 is 1.44. The number of para-hydroxylation sites is 2. The van der Waals surface area contributed by atoms with Gasteiger partial charge in [0.15, 0.2) is 10.8 Å². The summed E-state index contributed by atoms with van der Waals surface area (Å²) in [7, 11) is 1.97. The molecule has 2 amide bonds. The first-order chi connectivity index (χ1) is 35.1. The Balaban J connectivity index is 0.624. The number of benzene rings is 4. The van der Waals surface area contributed by atoms with E-state index in [1.165, 1.54) is 35.4 Å². The van der Waals surface area contributed by atoms with Crippen LogP contribution in [0.5, 0.6) is 5.75 Å². The van der Waals surface area contributed by atoms with Gasteiger partial charge in [0, 0.05) is 50.7 Å². The number of piperidine rings is 2. The molecule has 3 atom stereocenters. The van der Waals surface area contributed by atoms with Crippen molar-refractivity contribution in [3.8, 4) is 5.75 Å². The number of likely N-dealkylation sites (tertiary alicyclic amines) is 1. The van der Waals surface area contributed by atoms with Gasteiger partial charge in [-0.05, 0) is 147 Å². The Kier molecular flexibility index (Phi) is 13.6. The van der Waals surface area contributed by atoms with Crippen molar-refractivity contribution in [3.63, 3.8) is 0 Å². The largest absolute Gasteiger partial charge is 0.494 e. The normalized spacial score (nSPS) is 19.7. The lowest BCUT2D eigenvalue weighted by atomic mass is 9.89. The highest BCUT2D eigenvalue weighted by Crippen LogP contribution is 2.38. The summed E-state index contributed by atoms with van der Waals surface area (Å²) in [5.74, 6) is 0.833. The van der Waals surface area contributed by atoms with Crippen LogP contribution in [0.2, 0.25) is 0 Å². The molecule has 3 aromatic heterocycles. The number of carboxylic acids is 1. The summed E-state index contributed by atoms with van der Waals surface area (Å²) in [6.07, 6.45) is 6.77. The molecule has 3 saturated heterocycles. The van der Waals surface area contributed by atoms with Gasteiger partial charge in [-0.2, -0.15) is 5.10 Å². The summed E-state index contributed by atoms with van der Waals surface area (Å²) in [5, 5.41) is 32.3. The molecule has 4 aliphatic rings.